The maximum atomic E-state index is 10.9. The summed E-state index contributed by atoms with van der Waals surface area (Å²) in [5, 5.41) is 10.9. The minimum atomic E-state index is -0.776. The molecule has 1 fully saturated rings. The first-order valence-electron chi connectivity index (χ1n) is 6.27. The average Bonchev–Trinajstić information content (AvgIpc) is 2.39. The standard InChI is InChI=1S/C14H21NO2/c1-17-13-7-4-6-11(9-13)14(16)8-3-2-5-12(14)10-15/h4,6-7,9,12,16H,2-3,5,8,10,15H2,1H3. The molecule has 2 atom stereocenters. The molecule has 0 bridgehead atoms. The maximum absolute atomic E-state index is 10.9. The molecule has 1 saturated carbocycles. The van der Waals surface area contributed by atoms with Gasteiger partial charge in [-0.3, -0.25) is 0 Å². The summed E-state index contributed by atoms with van der Waals surface area (Å²) in [5.41, 5.74) is 5.96. The van der Waals surface area contributed by atoms with E-state index in [1.165, 1.54) is 0 Å². The van der Waals surface area contributed by atoms with Crippen molar-refractivity contribution in [3.8, 4) is 5.75 Å². The molecule has 1 aliphatic carbocycles. The molecule has 3 heteroatoms. The van der Waals surface area contributed by atoms with Gasteiger partial charge in [0.15, 0.2) is 0 Å². The molecule has 1 aliphatic rings. The highest BCUT2D eigenvalue weighted by atomic mass is 16.5. The van der Waals surface area contributed by atoms with Gasteiger partial charge in [0, 0.05) is 5.92 Å². The van der Waals surface area contributed by atoms with Gasteiger partial charge in [0.1, 0.15) is 5.75 Å². The maximum Gasteiger partial charge on any atom is 0.119 e. The number of benzene rings is 1. The minimum Gasteiger partial charge on any atom is -0.497 e. The Balaban J connectivity index is 2.33. The molecular weight excluding hydrogens is 214 g/mol. The third-order valence-electron chi connectivity index (χ3n) is 3.89. The van der Waals surface area contributed by atoms with Crippen LogP contribution < -0.4 is 10.5 Å². The lowest BCUT2D eigenvalue weighted by molar-refractivity contribution is -0.0507. The molecule has 0 aromatic heterocycles. The third-order valence-corrected chi connectivity index (χ3v) is 3.89. The number of aliphatic hydroxyl groups is 1. The molecule has 0 radical (unpaired) electrons. The lowest BCUT2D eigenvalue weighted by Gasteiger charge is -2.40. The summed E-state index contributed by atoms with van der Waals surface area (Å²) >= 11 is 0. The Morgan fingerprint density at radius 1 is 1.47 bits per heavy atom. The van der Waals surface area contributed by atoms with Gasteiger partial charge in [-0.1, -0.05) is 25.0 Å². The van der Waals surface area contributed by atoms with Crippen LogP contribution in [0.1, 0.15) is 31.2 Å². The second-order valence-corrected chi connectivity index (χ2v) is 4.83. The van der Waals surface area contributed by atoms with Crippen molar-refractivity contribution in [1.29, 1.82) is 0 Å². The Labute approximate surface area is 103 Å². The molecule has 2 unspecified atom stereocenters. The fourth-order valence-electron chi connectivity index (χ4n) is 2.81. The molecule has 3 nitrogen and oxygen atoms in total. The van der Waals surface area contributed by atoms with Crippen LogP contribution in [0.2, 0.25) is 0 Å². The molecular formula is C14H21NO2. The highest BCUT2D eigenvalue weighted by Gasteiger charge is 2.39. The van der Waals surface area contributed by atoms with Gasteiger partial charge in [-0.15, -0.1) is 0 Å². The van der Waals surface area contributed by atoms with E-state index in [0.717, 1.165) is 37.0 Å². The van der Waals surface area contributed by atoms with E-state index in [-0.39, 0.29) is 5.92 Å². The Kier molecular flexibility index (Phi) is 3.69. The molecule has 0 heterocycles. The van der Waals surface area contributed by atoms with Gasteiger partial charge in [-0.2, -0.15) is 0 Å². The van der Waals surface area contributed by atoms with Gasteiger partial charge >= 0.3 is 0 Å². The summed E-state index contributed by atoms with van der Waals surface area (Å²) in [4.78, 5) is 0. The Morgan fingerprint density at radius 3 is 3.00 bits per heavy atom. The summed E-state index contributed by atoms with van der Waals surface area (Å²) in [6.45, 7) is 0.535. The number of methoxy groups -OCH3 is 1. The highest BCUT2D eigenvalue weighted by Crippen LogP contribution is 2.41. The molecule has 17 heavy (non-hydrogen) atoms. The van der Waals surface area contributed by atoms with Crippen molar-refractivity contribution in [2.24, 2.45) is 11.7 Å². The number of ether oxygens (including phenoxy) is 1. The van der Waals surface area contributed by atoms with Crippen LogP contribution in [-0.4, -0.2) is 18.8 Å². The summed E-state index contributed by atoms with van der Waals surface area (Å²) in [5.74, 6) is 0.945. The van der Waals surface area contributed by atoms with Crippen molar-refractivity contribution in [2.75, 3.05) is 13.7 Å². The van der Waals surface area contributed by atoms with Crippen LogP contribution in [0.3, 0.4) is 0 Å². The monoisotopic (exact) mass is 235 g/mol. The van der Waals surface area contributed by atoms with E-state index in [1.54, 1.807) is 7.11 Å². The normalized spacial score (nSPS) is 29.0. The molecule has 3 N–H and O–H groups in total. The smallest absolute Gasteiger partial charge is 0.119 e. The van der Waals surface area contributed by atoms with Crippen LogP contribution in [0, 0.1) is 5.92 Å². The van der Waals surface area contributed by atoms with Crippen LogP contribution in [0.5, 0.6) is 5.75 Å². The van der Waals surface area contributed by atoms with Crippen LogP contribution in [0.4, 0.5) is 0 Å². The van der Waals surface area contributed by atoms with E-state index >= 15 is 0 Å². The first kappa shape index (κ1) is 12.4. The van der Waals surface area contributed by atoms with Crippen LogP contribution in [0.25, 0.3) is 0 Å². The number of nitrogens with two attached hydrogens (primary N) is 1. The van der Waals surface area contributed by atoms with Crippen LogP contribution in [-0.2, 0) is 5.60 Å². The number of hydrogen-bond acceptors (Lipinski definition) is 3. The molecule has 1 aromatic rings. The van der Waals surface area contributed by atoms with Crippen LogP contribution in [0.15, 0.2) is 24.3 Å². The SMILES string of the molecule is COc1cccc(C2(O)CCCCC2CN)c1. The van der Waals surface area contributed by atoms with Crippen molar-refractivity contribution in [3.05, 3.63) is 29.8 Å². The van der Waals surface area contributed by atoms with E-state index < -0.39 is 5.60 Å². The molecule has 2 rings (SSSR count). The summed E-state index contributed by atoms with van der Waals surface area (Å²) in [6.07, 6.45) is 4.02. The fraction of sp³-hybridized carbons (Fsp3) is 0.571. The molecule has 0 aliphatic heterocycles. The number of rotatable bonds is 3. The summed E-state index contributed by atoms with van der Waals surface area (Å²) in [7, 11) is 1.64. The van der Waals surface area contributed by atoms with Gasteiger partial charge in [-0.05, 0) is 37.1 Å². The van der Waals surface area contributed by atoms with Crippen molar-refractivity contribution in [1.82, 2.24) is 0 Å². The molecule has 0 amide bonds. The number of hydrogen-bond donors (Lipinski definition) is 2. The molecule has 0 spiro atoms. The third kappa shape index (κ3) is 2.31. The molecule has 1 aromatic carbocycles. The van der Waals surface area contributed by atoms with Gasteiger partial charge in [0.05, 0.1) is 12.7 Å². The van der Waals surface area contributed by atoms with Crippen molar-refractivity contribution < 1.29 is 9.84 Å². The predicted octanol–water partition coefficient (Wildman–Crippen LogP) is 2.03. The highest BCUT2D eigenvalue weighted by molar-refractivity contribution is 5.33. The predicted molar refractivity (Wildman–Crippen MR) is 67.9 cm³/mol. The molecule has 0 saturated heterocycles. The summed E-state index contributed by atoms with van der Waals surface area (Å²) in [6, 6.07) is 7.71. The summed E-state index contributed by atoms with van der Waals surface area (Å²) < 4.78 is 5.22. The first-order chi connectivity index (χ1) is 8.20. The van der Waals surface area contributed by atoms with E-state index in [4.69, 9.17) is 10.5 Å². The van der Waals surface area contributed by atoms with E-state index in [0.29, 0.717) is 6.54 Å². The second-order valence-electron chi connectivity index (χ2n) is 4.83. The lowest BCUT2D eigenvalue weighted by Crippen LogP contribution is -2.41. The van der Waals surface area contributed by atoms with Gasteiger partial charge in [0.25, 0.3) is 0 Å². The van der Waals surface area contributed by atoms with Crippen molar-refractivity contribution in [2.45, 2.75) is 31.3 Å². The van der Waals surface area contributed by atoms with Gasteiger partial charge in [0.2, 0.25) is 0 Å². The second kappa shape index (κ2) is 5.07. The lowest BCUT2D eigenvalue weighted by atomic mass is 9.71. The van der Waals surface area contributed by atoms with Crippen molar-refractivity contribution >= 4 is 0 Å². The quantitative estimate of drug-likeness (QED) is 0.843. The Morgan fingerprint density at radius 2 is 2.29 bits per heavy atom. The Bertz CT molecular complexity index is 380. The zero-order valence-corrected chi connectivity index (χ0v) is 10.4. The molecule has 94 valence electrons. The average molecular weight is 235 g/mol. The Hall–Kier alpha value is -1.06. The van der Waals surface area contributed by atoms with E-state index in [1.807, 2.05) is 24.3 Å². The van der Waals surface area contributed by atoms with E-state index in [9.17, 15) is 5.11 Å². The fourth-order valence-corrected chi connectivity index (χ4v) is 2.81. The zero-order valence-electron chi connectivity index (χ0n) is 10.4. The first-order valence-corrected chi connectivity index (χ1v) is 6.27. The largest absolute Gasteiger partial charge is 0.497 e. The van der Waals surface area contributed by atoms with Crippen LogP contribution >= 0.6 is 0 Å². The minimum absolute atomic E-state index is 0.156. The zero-order chi connectivity index (χ0) is 12.3. The topological polar surface area (TPSA) is 55.5 Å². The van der Waals surface area contributed by atoms with E-state index in [2.05, 4.69) is 0 Å². The van der Waals surface area contributed by atoms with Crippen molar-refractivity contribution in [3.63, 3.8) is 0 Å². The van der Waals surface area contributed by atoms with Gasteiger partial charge < -0.3 is 15.6 Å². The van der Waals surface area contributed by atoms with Gasteiger partial charge in [-0.25, -0.2) is 0 Å².